The van der Waals surface area contributed by atoms with Crippen LogP contribution in [0.25, 0.3) is 21.5 Å². The molecule has 1 N–H and O–H groups in total. The molecule has 0 saturated carbocycles. The molecule has 0 aliphatic rings. The Morgan fingerprint density at radius 2 is 2.07 bits per heavy atom. The van der Waals surface area contributed by atoms with E-state index < -0.39 is 0 Å². The Morgan fingerprint density at radius 1 is 1.22 bits per heavy atom. The lowest BCUT2D eigenvalue weighted by molar-refractivity contribution is 0.310. The number of rotatable bonds is 5. The summed E-state index contributed by atoms with van der Waals surface area (Å²) in [4.78, 5) is 23.2. The van der Waals surface area contributed by atoms with Crippen LogP contribution < -0.4 is 5.56 Å². The lowest BCUT2D eigenvalue weighted by atomic mass is 10.1. The Hall–Kier alpha value is -2.70. The average Bonchev–Trinajstić information content (AvgIpc) is 3.26. The molecule has 4 rings (SSSR count). The molecule has 3 heterocycles. The highest BCUT2D eigenvalue weighted by Gasteiger charge is 2.15. The zero-order chi connectivity index (χ0) is 19.0. The molecule has 0 unspecified atom stereocenters. The maximum Gasteiger partial charge on any atom is 0.260 e. The Morgan fingerprint density at radius 3 is 2.81 bits per heavy atom. The van der Waals surface area contributed by atoms with Crippen molar-refractivity contribution in [2.45, 2.75) is 26.9 Å². The number of hydrogen-bond acceptors (Lipinski definition) is 5. The summed E-state index contributed by atoms with van der Waals surface area (Å²) in [6.45, 7) is 5.61. The second-order valence-electron chi connectivity index (χ2n) is 6.92. The first-order valence-corrected chi connectivity index (χ1v) is 9.68. The molecule has 4 aromatic rings. The Bertz CT molecular complexity index is 1140. The minimum absolute atomic E-state index is 0.123. The number of nitrogens with one attached hydrogen (secondary N) is 1. The van der Waals surface area contributed by atoms with Gasteiger partial charge in [0.05, 0.1) is 18.2 Å². The minimum atomic E-state index is -0.123. The van der Waals surface area contributed by atoms with Crippen LogP contribution in [-0.4, -0.2) is 21.9 Å². The van der Waals surface area contributed by atoms with Crippen LogP contribution in [0.4, 0.5) is 0 Å². The minimum Gasteiger partial charge on any atom is -0.464 e. The predicted octanol–water partition coefficient (Wildman–Crippen LogP) is 4.49. The summed E-state index contributed by atoms with van der Waals surface area (Å²) >= 11 is 1.47. The molecule has 1 aromatic carbocycles. The van der Waals surface area contributed by atoms with Crippen LogP contribution in [0.1, 0.15) is 22.5 Å². The summed E-state index contributed by atoms with van der Waals surface area (Å²) in [5.74, 6) is 1.36. The zero-order valence-electron chi connectivity index (χ0n) is 15.6. The second-order valence-corrected chi connectivity index (χ2v) is 7.78. The number of thiophene rings is 1. The first-order valence-electron chi connectivity index (χ1n) is 8.80. The van der Waals surface area contributed by atoms with Gasteiger partial charge in [-0.2, -0.15) is 0 Å². The molecular weight excluding hydrogens is 358 g/mol. The molecule has 138 valence electrons. The normalized spacial score (nSPS) is 11.6. The Kier molecular flexibility index (Phi) is 4.68. The van der Waals surface area contributed by atoms with Gasteiger partial charge in [0.25, 0.3) is 5.56 Å². The van der Waals surface area contributed by atoms with Crippen LogP contribution in [0.15, 0.2) is 51.2 Å². The summed E-state index contributed by atoms with van der Waals surface area (Å²) in [5, 5.41) is 2.52. The number of benzene rings is 1. The topological polar surface area (TPSA) is 62.1 Å². The SMILES string of the molecule is Cc1ccc(CN(C)Cc2nc3scc(-c4ccco4)c3c(=O)[nH]2)c(C)c1. The molecule has 3 aromatic heterocycles. The van der Waals surface area contributed by atoms with Gasteiger partial charge in [-0.05, 0) is 44.2 Å². The van der Waals surface area contributed by atoms with Crippen LogP contribution in [0.3, 0.4) is 0 Å². The molecule has 6 heteroatoms. The highest BCUT2D eigenvalue weighted by molar-refractivity contribution is 7.17. The number of hydrogen-bond donors (Lipinski definition) is 1. The molecule has 0 atom stereocenters. The third kappa shape index (κ3) is 3.59. The van der Waals surface area contributed by atoms with E-state index in [2.05, 4.69) is 46.9 Å². The highest BCUT2D eigenvalue weighted by atomic mass is 32.1. The van der Waals surface area contributed by atoms with Gasteiger partial charge in [0.2, 0.25) is 0 Å². The second kappa shape index (κ2) is 7.13. The third-order valence-electron chi connectivity index (χ3n) is 4.64. The molecule has 0 aliphatic heterocycles. The summed E-state index contributed by atoms with van der Waals surface area (Å²) in [7, 11) is 2.03. The first kappa shape index (κ1) is 17.7. The Labute approximate surface area is 161 Å². The molecule has 0 fully saturated rings. The molecule has 0 aliphatic carbocycles. The number of furan rings is 1. The molecule has 0 amide bonds. The largest absolute Gasteiger partial charge is 0.464 e. The van der Waals surface area contributed by atoms with E-state index >= 15 is 0 Å². The summed E-state index contributed by atoms with van der Waals surface area (Å²) in [6, 6.07) is 10.2. The quantitative estimate of drug-likeness (QED) is 0.555. The predicted molar refractivity (Wildman–Crippen MR) is 109 cm³/mol. The van der Waals surface area contributed by atoms with Gasteiger partial charge in [0.15, 0.2) is 0 Å². The molecule has 0 spiro atoms. The molecule has 5 nitrogen and oxygen atoms in total. The number of aromatic amines is 1. The van der Waals surface area contributed by atoms with Crippen LogP contribution in [-0.2, 0) is 13.1 Å². The number of fused-ring (bicyclic) bond motifs is 1. The van der Waals surface area contributed by atoms with Gasteiger partial charge in [-0.3, -0.25) is 9.69 Å². The fourth-order valence-corrected chi connectivity index (χ4v) is 4.25. The monoisotopic (exact) mass is 379 g/mol. The lowest BCUT2D eigenvalue weighted by Gasteiger charge is -2.17. The van der Waals surface area contributed by atoms with E-state index in [0.29, 0.717) is 23.5 Å². The maximum absolute atomic E-state index is 12.7. The van der Waals surface area contributed by atoms with Gasteiger partial charge >= 0.3 is 0 Å². The van der Waals surface area contributed by atoms with Crippen molar-refractivity contribution in [1.82, 2.24) is 14.9 Å². The van der Waals surface area contributed by atoms with Gasteiger partial charge in [0, 0.05) is 17.5 Å². The summed E-state index contributed by atoms with van der Waals surface area (Å²) < 4.78 is 5.44. The summed E-state index contributed by atoms with van der Waals surface area (Å²) in [6.07, 6.45) is 1.61. The fraction of sp³-hybridized carbons (Fsp3) is 0.238. The third-order valence-corrected chi connectivity index (χ3v) is 5.51. The molecule has 27 heavy (non-hydrogen) atoms. The first-order chi connectivity index (χ1) is 13.0. The van der Waals surface area contributed by atoms with Crippen molar-refractivity contribution in [2.75, 3.05) is 7.05 Å². The van der Waals surface area contributed by atoms with Gasteiger partial charge in [-0.25, -0.2) is 4.98 Å². The van der Waals surface area contributed by atoms with E-state index in [4.69, 9.17) is 4.42 Å². The number of aromatic nitrogens is 2. The fourth-order valence-electron chi connectivity index (χ4n) is 3.31. The molecule has 0 saturated heterocycles. The van der Waals surface area contributed by atoms with Crippen LogP contribution in [0.5, 0.6) is 0 Å². The zero-order valence-corrected chi connectivity index (χ0v) is 16.4. The van der Waals surface area contributed by atoms with Crippen molar-refractivity contribution in [3.8, 4) is 11.3 Å². The molecular formula is C21H21N3O2S. The number of aryl methyl sites for hydroxylation is 2. The van der Waals surface area contributed by atoms with Gasteiger partial charge in [-0.1, -0.05) is 23.8 Å². The van der Waals surface area contributed by atoms with Gasteiger partial charge in [-0.15, -0.1) is 11.3 Å². The van der Waals surface area contributed by atoms with Crippen molar-refractivity contribution >= 4 is 21.6 Å². The average molecular weight is 379 g/mol. The van der Waals surface area contributed by atoms with Crippen LogP contribution in [0, 0.1) is 13.8 Å². The van der Waals surface area contributed by atoms with Crippen LogP contribution >= 0.6 is 11.3 Å². The summed E-state index contributed by atoms with van der Waals surface area (Å²) in [5.41, 5.74) is 4.50. The molecule has 0 radical (unpaired) electrons. The molecule has 0 bridgehead atoms. The number of nitrogens with zero attached hydrogens (tertiary/aromatic N) is 2. The van der Waals surface area contributed by atoms with Crippen molar-refractivity contribution in [3.05, 3.63) is 74.8 Å². The van der Waals surface area contributed by atoms with E-state index in [1.807, 2.05) is 24.6 Å². The van der Waals surface area contributed by atoms with Crippen molar-refractivity contribution in [1.29, 1.82) is 0 Å². The Balaban J connectivity index is 1.58. The standard InChI is InChI=1S/C21H21N3O2S/c1-13-6-7-15(14(2)9-13)10-24(3)11-18-22-20(25)19-16(12-27-21(19)23-18)17-5-4-8-26-17/h4-9,12H,10-11H2,1-3H3,(H,22,23,25). The van der Waals surface area contributed by atoms with Crippen molar-refractivity contribution in [2.24, 2.45) is 0 Å². The lowest BCUT2D eigenvalue weighted by Crippen LogP contribution is -2.22. The van der Waals surface area contributed by atoms with Gasteiger partial charge in [0.1, 0.15) is 16.4 Å². The smallest absolute Gasteiger partial charge is 0.260 e. The van der Waals surface area contributed by atoms with E-state index in [1.54, 1.807) is 6.26 Å². The van der Waals surface area contributed by atoms with E-state index in [-0.39, 0.29) is 5.56 Å². The van der Waals surface area contributed by atoms with E-state index in [1.165, 1.54) is 28.0 Å². The highest BCUT2D eigenvalue weighted by Crippen LogP contribution is 2.30. The number of H-pyrrole nitrogens is 1. The van der Waals surface area contributed by atoms with Crippen molar-refractivity contribution < 1.29 is 4.42 Å². The van der Waals surface area contributed by atoms with Crippen molar-refractivity contribution in [3.63, 3.8) is 0 Å². The maximum atomic E-state index is 12.7. The van der Waals surface area contributed by atoms with Crippen LogP contribution in [0.2, 0.25) is 0 Å². The van der Waals surface area contributed by atoms with E-state index in [0.717, 1.165) is 16.9 Å². The van der Waals surface area contributed by atoms with E-state index in [9.17, 15) is 4.79 Å². The van der Waals surface area contributed by atoms with Gasteiger partial charge < -0.3 is 9.40 Å².